The van der Waals surface area contributed by atoms with Crippen molar-refractivity contribution in [3.8, 4) is 5.75 Å². The number of ether oxygens (including phenoxy) is 1. The van der Waals surface area contributed by atoms with Crippen molar-refractivity contribution < 1.29 is 19.4 Å². The van der Waals surface area contributed by atoms with Crippen molar-refractivity contribution in [1.29, 1.82) is 0 Å². The second kappa shape index (κ2) is 6.97. The van der Waals surface area contributed by atoms with Gasteiger partial charge in [-0.05, 0) is 43.2 Å². The van der Waals surface area contributed by atoms with Crippen molar-refractivity contribution >= 4 is 17.6 Å². The summed E-state index contributed by atoms with van der Waals surface area (Å²) in [7, 11) is 1.57. The Morgan fingerprint density at radius 2 is 1.76 bits per heavy atom. The maximum Gasteiger partial charge on any atom is 0.227 e. The van der Waals surface area contributed by atoms with Crippen LogP contribution < -0.4 is 14.7 Å². The normalized spacial score (nSPS) is 20.4. The fraction of sp³-hybridized carbons (Fsp3) is 0.300. The monoisotopic (exact) mass is 338 g/mol. The molecule has 3 rings (SSSR count). The van der Waals surface area contributed by atoms with Gasteiger partial charge in [0.25, 0.3) is 0 Å². The van der Waals surface area contributed by atoms with E-state index in [-0.39, 0.29) is 18.7 Å². The Bertz CT molecular complexity index is 767. The van der Waals surface area contributed by atoms with Gasteiger partial charge in [-0.15, -0.1) is 0 Å². The number of carbonyl (C=O) groups excluding carboxylic acids is 2. The number of methoxy groups -OCH3 is 1. The first kappa shape index (κ1) is 17.0. The molecule has 0 saturated carbocycles. The lowest BCUT2D eigenvalue weighted by Crippen LogP contribution is -2.49. The summed E-state index contributed by atoms with van der Waals surface area (Å²) in [6.45, 7) is 1.97. The molecule has 5 heteroatoms. The number of benzene rings is 2. The number of amides is 1. The van der Waals surface area contributed by atoms with Gasteiger partial charge in [0.1, 0.15) is 5.75 Å². The standard InChI is InChI=1S/C20H21NO4/c1-13-3-7-15(8-4-13)21-18(22)12-11-17(20(23)24)19(21)14-5-9-16(25-2)10-6-14/h3-10,17,19H,11-12H2,1-2H3,(H,23,24)/p-1/t17-,19+/m1/s1. The Morgan fingerprint density at radius 3 is 2.32 bits per heavy atom. The van der Waals surface area contributed by atoms with Crippen molar-refractivity contribution in [1.82, 2.24) is 0 Å². The number of piperidine rings is 1. The number of anilines is 1. The van der Waals surface area contributed by atoms with Gasteiger partial charge in [0.05, 0.1) is 13.2 Å². The summed E-state index contributed by atoms with van der Waals surface area (Å²) >= 11 is 0. The second-order valence-corrected chi connectivity index (χ2v) is 6.28. The van der Waals surface area contributed by atoms with Crippen LogP contribution in [0, 0.1) is 12.8 Å². The van der Waals surface area contributed by atoms with Gasteiger partial charge in [-0.1, -0.05) is 29.8 Å². The molecule has 0 spiro atoms. The Morgan fingerprint density at radius 1 is 1.12 bits per heavy atom. The highest BCUT2D eigenvalue weighted by Crippen LogP contribution is 2.40. The van der Waals surface area contributed by atoms with E-state index in [1.54, 1.807) is 36.3 Å². The van der Waals surface area contributed by atoms with E-state index in [0.29, 0.717) is 11.4 Å². The lowest BCUT2D eigenvalue weighted by Gasteiger charge is -2.42. The molecule has 0 aromatic heterocycles. The third-order valence-electron chi connectivity index (χ3n) is 4.67. The Labute approximate surface area is 146 Å². The molecule has 2 aromatic carbocycles. The zero-order valence-corrected chi connectivity index (χ0v) is 14.3. The zero-order valence-electron chi connectivity index (χ0n) is 14.3. The number of aliphatic carboxylic acids is 1. The maximum absolute atomic E-state index is 12.6. The number of carboxylic acids is 1. The van der Waals surface area contributed by atoms with Crippen LogP contribution in [0.1, 0.15) is 30.0 Å². The van der Waals surface area contributed by atoms with E-state index in [2.05, 4.69) is 0 Å². The van der Waals surface area contributed by atoms with Crippen LogP contribution in [0.4, 0.5) is 5.69 Å². The molecule has 2 aromatic rings. The molecule has 1 amide bonds. The molecule has 130 valence electrons. The number of carboxylic acid groups (broad SMARTS) is 1. The molecule has 2 atom stereocenters. The first-order valence-electron chi connectivity index (χ1n) is 8.25. The average Bonchev–Trinajstić information content (AvgIpc) is 2.62. The molecule has 0 N–H and O–H groups in total. The summed E-state index contributed by atoms with van der Waals surface area (Å²) in [5.74, 6) is -1.29. The number of rotatable bonds is 4. The Kier molecular flexibility index (Phi) is 4.74. The highest BCUT2D eigenvalue weighted by atomic mass is 16.5. The van der Waals surface area contributed by atoms with Crippen LogP contribution in [0.2, 0.25) is 0 Å². The third kappa shape index (κ3) is 3.36. The van der Waals surface area contributed by atoms with Gasteiger partial charge in [-0.25, -0.2) is 0 Å². The first-order chi connectivity index (χ1) is 12.0. The van der Waals surface area contributed by atoms with Gasteiger partial charge in [-0.3, -0.25) is 4.79 Å². The average molecular weight is 338 g/mol. The predicted octanol–water partition coefficient (Wildman–Crippen LogP) is 2.24. The van der Waals surface area contributed by atoms with E-state index >= 15 is 0 Å². The molecular formula is C20H20NO4-. The summed E-state index contributed by atoms with van der Waals surface area (Å²) in [6.07, 6.45) is 0.472. The van der Waals surface area contributed by atoms with Gasteiger partial charge in [0.15, 0.2) is 0 Å². The highest BCUT2D eigenvalue weighted by molar-refractivity contribution is 5.96. The van der Waals surface area contributed by atoms with E-state index in [0.717, 1.165) is 11.1 Å². The molecule has 1 heterocycles. The minimum Gasteiger partial charge on any atom is -0.550 e. The molecule has 0 radical (unpaired) electrons. The van der Waals surface area contributed by atoms with Crippen LogP contribution in [-0.2, 0) is 9.59 Å². The van der Waals surface area contributed by atoms with Crippen LogP contribution in [0.5, 0.6) is 5.75 Å². The molecule has 1 aliphatic rings. The fourth-order valence-electron chi connectivity index (χ4n) is 3.33. The predicted molar refractivity (Wildman–Crippen MR) is 92.1 cm³/mol. The molecule has 1 aliphatic heterocycles. The topological polar surface area (TPSA) is 69.7 Å². The number of aryl methyl sites for hydroxylation is 1. The summed E-state index contributed by atoms with van der Waals surface area (Å²) in [4.78, 5) is 26.0. The molecule has 0 aliphatic carbocycles. The molecule has 0 bridgehead atoms. The van der Waals surface area contributed by atoms with E-state index in [4.69, 9.17) is 4.74 Å². The SMILES string of the molecule is COc1ccc([C@H]2[C@H](C(=O)[O-])CCC(=O)N2c2ccc(C)cc2)cc1. The molecule has 1 saturated heterocycles. The Hall–Kier alpha value is -2.82. The van der Waals surface area contributed by atoms with Crippen molar-refractivity contribution in [2.45, 2.75) is 25.8 Å². The fourth-order valence-corrected chi connectivity index (χ4v) is 3.33. The van der Waals surface area contributed by atoms with Crippen molar-refractivity contribution in [3.05, 3.63) is 59.7 Å². The van der Waals surface area contributed by atoms with Crippen molar-refractivity contribution in [3.63, 3.8) is 0 Å². The highest BCUT2D eigenvalue weighted by Gasteiger charge is 2.38. The van der Waals surface area contributed by atoms with Gasteiger partial charge in [-0.2, -0.15) is 0 Å². The van der Waals surface area contributed by atoms with Crippen molar-refractivity contribution in [2.24, 2.45) is 5.92 Å². The van der Waals surface area contributed by atoms with E-state index in [9.17, 15) is 14.7 Å². The molecule has 1 fully saturated rings. The lowest BCUT2D eigenvalue weighted by molar-refractivity contribution is -0.312. The summed E-state index contributed by atoms with van der Waals surface area (Å²) in [5.41, 5.74) is 2.52. The van der Waals surface area contributed by atoms with Crippen LogP contribution in [0.3, 0.4) is 0 Å². The minimum atomic E-state index is -1.13. The van der Waals surface area contributed by atoms with Crippen LogP contribution in [-0.4, -0.2) is 19.0 Å². The maximum atomic E-state index is 12.6. The number of nitrogens with zero attached hydrogens (tertiary/aromatic N) is 1. The van der Waals surface area contributed by atoms with Gasteiger partial charge in [0, 0.05) is 24.0 Å². The van der Waals surface area contributed by atoms with Gasteiger partial charge >= 0.3 is 0 Å². The Balaban J connectivity index is 2.07. The number of hydrogen-bond donors (Lipinski definition) is 0. The number of carbonyl (C=O) groups is 2. The van der Waals surface area contributed by atoms with Gasteiger partial charge in [0.2, 0.25) is 5.91 Å². The minimum absolute atomic E-state index is 0.0813. The first-order valence-corrected chi connectivity index (χ1v) is 8.25. The van der Waals surface area contributed by atoms with E-state index in [1.165, 1.54) is 0 Å². The molecule has 5 nitrogen and oxygen atoms in total. The van der Waals surface area contributed by atoms with Gasteiger partial charge < -0.3 is 19.5 Å². The zero-order chi connectivity index (χ0) is 18.0. The molecule has 0 unspecified atom stereocenters. The summed E-state index contributed by atoms with van der Waals surface area (Å²) in [5, 5.41) is 11.7. The van der Waals surface area contributed by atoms with Crippen LogP contribution in [0.15, 0.2) is 48.5 Å². The van der Waals surface area contributed by atoms with E-state index in [1.807, 2.05) is 31.2 Å². The van der Waals surface area contributed by atoms with Crippen LogP contribution >= 0.6 is 0 Å². The van der Waals surface area contributed by atoms with Crippen molar-refractivity contribution in [2.75, 3.05) is 12.0 Å². The lowest BCUT2D eigenvalue weighted by atomic mass is 9.84. The quantitative estimate of drug-likeness (QED) is 0.857. The van der Waals surface area contributed by atoms with Crippen LogP contribution in [0.25, 0.3) is 0 Å². The third-order valence-corrected chi connectivity index (χ3v) is 4.67. The molecular weight excluding hydrogens is 318 g/mol. The molecule has 25 heavy (non-hydrogen) atoms. The smallest absolute Gasteiger partial charge is 0.227 e. The largest absolute Gasteiger partial charge is 0.550 e. The summed E-state index contributed by atoms with van der Waals surface area (Å²) < 4.78 is 5.17. The summed E-state index contributed by atoms with van der Waals surface area (Å²) in [6, 6.07) is 14.1. The van der Waals surface area contributed by atoms with E-state index < -0.39 is 17.9 Å². The number of hydrogen-bond acceptors (Lipinski definition) is 4. The second-order valence-electron chi connectivity index (χ2n) is 6.28.